The van der Waals surface area contributed by atoms with Crippen LogP contribution in [0.5, 0.6) is 5.75 Å². The Morgan fingerprint density at radius 2 is 1.78 bits per heavy atom. The Balaban J connectivity index is 1.43. The van der Waals surface area contributed by atoms with Crippen LogP contribution in [0.3, 0.4) is 0 Å². The minimum atomic E-state index is -0.245. The van der Waals surface area contributed by atoms with Crippen LogP contribution in [0.4, 0.5) is 10.5 Å². The zero-order valence-corrected chi connectivity index (χ0v) is 15.8. The first-order chi connectivity index (χ1) is 13.0. The van der Waals surface area contributed by atoms with Crippen LogP contribution < -0.4 is 15.4 Å². The van der Waals surface area contributed by atoms with Crippen molar-refractivity contribution in [2.45, 2.75) is 18.9 Å². The quantitative estimate of drug-likeness (QED) is 0.759. The van der Waals surface area contributed by atoms with Crippen molar-refractivity contribution in [1.29, 1.82) is 0 Å². The van der Waals surface area contributed by atoms with Crippen molar-refractivity contribution in [3.63, 3.8) is 0 Å². The van der Waals surface area contributed by atoms with Gasteiger partial charge in [-0.1, -0.05) is 11.6 Å². The summed E-state index contributed by atoms with van der Waals surface area (Å²) in [5.41, 5.74) is 1.22. The number of carbonyl (C=O) groups excluding carboxylic acids is 2. The number of carbonyl (C=O) groups is 2. The molecule has 0 radical (unpaired) electrons. The monoisotopic (exact) mass is 387 g/mol. The second kappa shape index (κ2) is 8.77. The third-order valence-corrected chi connectivity index (χ3v) is 4.42. The van der Waals surface area contributed by atoms with Crippen molar-refractivity contribution in [3.8, 4) is 5.75 Å². The van der Waals surface area contributed by atoms with E-state index >= 15 is 0 Å². The molecule has 3 amide bonds. The van der Waals surface area contributed by atoms with Crippen molar-refractivity contribution in [2.24, 2.45) is 0 Å². The first kappa shape index (κ1) is 19.0. The van der Waals surface area contributed by atoms with Crippen LogP contribution in [0.25, 0.3) is 0 Å². The number of hydrogen-bond acceptors (Lipinski definition) is 3. The topological polar surface area (TPSA) is 70.7 Å². The predicted molar refractivity (Wildman–Crippen MR) is 106 cm³/mol. The maximum atomic E-state index is 12.2. The third kappa shape index (κ3) is 5.89. The number of anilines is 1. The van der Waals surface area contributed by atoms with Crippen molar-refractivity contribution in [1.82, 2.24) is 10.2 Å². The molecule has 0 unspecified atom stereocenters. The lowest BCUT2D eigenvalue weighted by atomic mass is 10.2. The predicted octanol–water partition coefficient (Wildman–Crippen LogP) is 3.77. The highest BCUT2D eigenvalue weighted by atomic mass is 35.5. The summed E-state index contributed by atoms with van der Waals surface area (Å²) in [6.45, 7) is 0.794. The Kier molecular flexibility index (Phi) is 6.19. The molecule has 1 aliphatic rings. The number of nitrogens with one attached hydrogen (secondary N) is 2. The molecule has 0 atom stereocenters. The minimum absolute atomic E-state index is 0.0770. The molecule has 0 aromatic heterocycles. The fourth-order valence-corrected chi connectivity index (χ4v) is 2.48. The molecule has 7 heteroatoms. The highest BCUT2D eigenvalue weighted by Gasteiger charge is 2.23. The van der Waals surface area contributed by atoms with E-state index in [-0.39, 0.29) is 11.9 Å². The van der Waals surface area contributed by atoms with Crippen LogP contribution in [0.2, 0.25) is 5.02 Å². The Morgan fingerprint density at radius 1 is 1.11 bits per heavy atom. The molecule has 142 valence electrons. The summed E-state index contributed by atoms with van der Waals surface area (Å²) in [5, 5.41) is 6.38. The molecule has 0 heterocycles. The number of amides is 3. The highest BCUT2D eigenvalue weighted by molar-refractivity contribution is 6.30. The lowest BCUT2D eigenvalue weighted by Crippen LogP contribution is -2.34. The van der Waals surface area contributed by atoms with Gasteiger partial charge in [-0.3, -0.25) is 4.79 Å². The maximum absolute atomic E-state index is 12.2. The number of nitrogens with zero attached hydrogens (tertiary/aromatic N) is 1. The fraction of sp³-hybridized carbons (Fsp3) is 0.300. The van der Waals surface area contributed by atoms with Crippen LogP contribution in [0.1, 0.15) is 23.2 Å². The molecule has 1 saturated carbocycles. The molecule has 0 saturated heterocycles. The van der Waals surface area contributed by atoms with E-state index in [0.29, 0.717) is 41.2 Å². The van der Waals surface area contributed by atoms with E-state index in [0.717, 1.165) is 12.8 Å². The molecule has 1 aliphatic carbocycles. The Labute approximate surface area is 163 Å². The van der Waals surface area contributed by atoms with Crippen LogP contribution >= 0.6 is 11.6 Å². The summed E-state index contributed by atoms with van der Waals surface area (Å²) >= 11 is 5.83. The molecule has 2 N–H and O–H groups in total. The summed E-state index contributed by atoms with van der Waals surface area (Å²) in [6.07, 6.45) is 2.10. The molecule has 2 aromatic rings. The number of ether oxygens (including phenoxy) is 1. The summed E-state index contributed by atoms with van der Waals surface area (Å²) < 4.78 is 5.59. The van der Waals surface area contributed by atoms with Gasteiger partial charge in [-0.05, 0) is 61.4 Å². The van der Waals surface area contributed by atoms with Gasteiger partial charge >= 0.3 is 6.03 Å². The SMILES string of the molecule is CN(CCOc1ccc(Cl)cc1)C(=O)Nc1ccc(C(=O)NC2CC2)cc1. The molecule has 27 heavy (non-hydrogen) atoms. The molecule has 0 spiro atoms. The average molecular weight is 388 g/mol. The number of likely N-dealkylation sites (N-methyl/N-ethyl adjacent to an activating group) is 1. The first-order valence-corrected chi connectivity index (χ1v) is 9.20. The lowest BCUT2D eigenvalue weighted by Gasteiger charge is -2.18. The molecule has 2 aromatic carbocycles. The van der Waals surface area contributed by atoms with Gasteiger partial charge in [0.1, 0.15) is 12.4 Å². The van der Waals surface area contributed by atoms with E-state index < -0.39 is 0 Å². The minimum Gasteiger partial charge on any atom is -0.492 e. The standard InChI is InChI=1S/C20H22ClN3O3/c1-24(12-13-27-18-10-4-15(21)5-11-18)20(26)23-17-6-2-14(3-7-17)19(25)22-16-8-9-16/h2-7,10-11,16H,8-9,12-13H2,1H3,(H,22,25)(H,23,26). The smallest absolute Gasteiger partial charge is 0.321 e. The van der Waals surface area contributed by atoms with Gasteiger partial charge in [0.05, 0.1) is 6.54 Å². The average Bonchev–Trinajstić information content (AvgIpc) is 3.47. The van der Waals surface area contributed by atoms with Crippen LogP contribution in [0, 0.1) is 0 Å². The van der Waals surface area contributed by atoms with Gasteiger partial charge in [0.25, 0.3) is 5.91 Å². The van der Waals surface area contributed by atoms with E-state index in [1.54, 1.807) is 55.6 Å². The van der Waals surface area contributed by atoms with Crippen LogP contribution in [0.15, 0.2) is 48.5 Å². The molecular weight excluding hydrogens is 366 g/mol. The van der Waals surface area contributed by atoms with Crippen LogP contribution in [-0.2, 0) is 0 Å². The second-order valence-corrected chi connectivity index (χ2v) is 6.92. The van der Waals surface area contributed by atoms with E-state index in [2.05, 4.69) is 10.6 Å². The summed E-state index contributed by atoms with van der Waals surface area (Å²) in [5.74, 6) is 0.625. The number of halogens is 1. The van der Waals surface area contributed by atoms with Gasteiger partial charge in [-0.25, -0.2) is 4.79 Å². The summed E-state index contributed by atoms with van der Waals surface area (Å²) in [4.78, 5) is 25.7. The third-order valence-electron chi connectivity index (χ3n) is 4.17. The van der Waals surface area contributed by atoms with Crippen molar-refractivity contribution >= 4 is 29.2 Å². The fourth-order valence-electron chi connectivity index (χ4n) is 2.35. The number of rotatable bonds is 7. The largest absolute Gasteiger partial charge is 0.492 e. The molecule has 0 aliphatic heterocycles. The number of hydrogen-bond donors (Lipinski definition) is 2. The normalized spacial score (nSPS) is 13.0. The van der Waals surface area contributed by atoms with E-state index in [1.807, 2.05) is 0 Å². The second-order valence-electron chi connectivity index (χ2n) is 6.48. The van der Waals surface area contributed by atoms with Gasteiger partial charge < -0.3 is 20.3 Å². The Morgan fingerprint density at radius 3 is 2.41 bits per heavy atom. The van der Waals surface area contributed by atoms with Crippen molar-refractivity contribution in [2.75, 3.05) is 25.5 Å². The van der Waals surface area contributed by atoms with Crippen molar-refractivity contribution in [3.05, 3.63) is 59.1 Å². The van der Waals surface area contributed by atoms with Gasteiger partial charge in [0.15, 0.2) is 0 Å². The molecule has 3 rings (SSSR count). The molecule has 1 fully saturated rings. The van der Waals surface area contributed by atoms with Crippen molar-refractivity contribution < 1.29 is 14.3 Å². The highest BCUT2D eigenvalue weighted by Crippen LogP contribution is 2.20. The number of benzene rings is 2. The van der Waals surface area contributed by atoms with Gasteiger partial charge in [-0.15, -0.1) is 0 Å². The Bertz CT molecular complexity index is 789. The van der Waals surface area contributed by atoms with Gasteiger partial charge in [-0.2, -0.15) is 0 Å². The lowest BCUT2D eigenvalue weighted by molar-refractivity contribution is 0.0951. The zero-order chi connectivity index (χ0) is 19.2. The van der Waals surface area contributed by atoms with Gasteiger partial charge in [0, 0.05) is 29.4 Å². The molecular formula is C20H22ClN3O3. The van der Waals surface area contributed by atoms with E-state index in [4.69, 9.17) is 16.3 Å². The van der Waals surface area contributed by atoms with Gasteiger partial charge in [0.2, 0.25) is 0 Å². The van der Waals surface area contributed by atoms with E-state index in [1.165, 1.54) is 4.90 Å². The summed E-state index contributed by atoms with van der Waals surface area (Å²) in [6, 6.07) is 14.0. The van der Waals surface area contributed by atoms with Crippen LogP contribution in [-0.4, -0.2) is 43.1 Å². The summed E-state index contributed by atoms with van der Waals surface area (Å²) in [7, 11) is 1.69. The maximum Gasteiger partial charge on any atom is 0.321 e. The van der Waals surface area contributed by atoms with E-state index in [9.17, 15) is 9.59 Å². The molecule has 6 nitrogen and oxygen atoms in total. The Hall–Kier alpha value is -2.73. The zero-order valence-electron chi connectivity index (χ0n) is 15.1. The first-order valence-electron chi connectivity index (χ1n) is 8.82. The number of urea groups is 1. The molecule has 0 bridgehead atoms.